The zero-order valence-corrected chi connectivity index (χ0v) is 9.11. The van der Waals surface area contributed by atoms with Crippen LogP contribution in [0.2, 0.25) is 0 Å². The number of H-pyrrole nitrogens is 1. The van der Waals surface area contributed by atoms with Gasteiger partial charge in [-0.3, -0.25) is 4.79 Å². The third-order valence-electron chi connectivity index (χ3n) is 2.68. The van der Waals surface area contributed by atoms with Crippen LogP contribution in [0.3, 0.4) is 0 Å². The first-order valence-corrected chi connectivity index (χ1v) is 4.94. The molecule has 2 N–H and O–H groups in total. The number of benzene rings is 1. The van der Waals surface area contributed by atoms with Crippen LogP contribution in [0.5, 0.6) is 5.75 Å². The van der Waals surface area contributed by atoms with Crippen LogP contribution in [0.1, 0.15) is 11.1 Å². The average molecular weight is 216 g/mol. The van der Waals surface area contributed by atoms with Crippen molar-refractivity contribution >= 4 is 0 Å². The summed E-state index contributed by atoms with van der Waals surface area (Å²) >= 11 is 0. The minimum atomic E-state index is -0.282. The van der Waals surface area contributed by atoms with Crippen molar-refractivity contribution in [1.82, 2.24) is 10.2 Å². The maximum Gasteiger partial charge on any atom is 0.264 e. The number of rotatable bonds is 1. The summed E-state index contributed by atoms with van der Waals surface area (Å²) in [5.41, 5.74) is 2.79. The Balaban J connectivity index is 2.66. The minimum absolute atomic E-state index is 0.201. The highest BCUT2D eigenvalue weighted by molar-refractivity contribution is 5.71. The standard InChI is InChI=1S/C12H12N2O2/c1-7-3-4-10(12(16)8(7)2)9-5-11(15)14-13-6-9/h3-6,16H,1-2H3,(H,14,15). The molecule has 16 heavy (non-hydrogen) atoms. The van der Waals surface area contributed by atoms with E-state index >= 15 is 0 Å². The lowest BCUT2D eigenvalue weighted by Crippen LogP contribution is -2.05. The van der Waals surface area contributed by atoms with E-state index in [9.17, 15) is 9.90 Å². The largest absolute Gasteiger partial charge is 0.507 e. The molecule has 0 bridgehead atoms. The number of phenols is 1. The minimum Gasteiger partial charge on any atom is -0.507 e. The van der Waals surface area contributed by atoms with Gasteiger partial charge in [0.1, 0.15) is 5.75 Å². The van der Waals surface area contributed by atoms with Gasteiger partial charge in [-0.05, 0) is 25.0 Å². The van der Waals surface area contributed by atoms with Crippen LogP contribution >= 0.6 is 0 Å². The molecule has 0 radical (unpaired) electrons. The van der Waals surface area contributed by atoms with Gasteiger partial charge in [0.05, 0.1) is 6.20 Å². The number of hydrogen-bond acceptors (Lipinski definition) is 3. The third-order valence-corrected chi connectivity index (χ3v) is 2.68. The van der Waals surface area contributed by atoms with E-state index in [-0.39, 0.29) is 11.3 Å². The van der Waals surface area contributed by atoms with Crippen molar-refractivity contribution < 1.29 is 5.11 Å². The van der Waals surface area contributed by atoms with Crippen LogP contribution in [-0.2, 0) is 0 Å². The highest BCUT2D eigenvalue weighted by Crippen LogP contribution is 2.32. The van der Waals surface area contributed by atoms with E-state index in [4.69, 9.17) is 0 Å². The average Bonchev–Trinajstić information content (AvgIpc) is 2.26. The molecule has 2 rings (SSSR count). The van der Waals surface area contributed by atoms with Crippen molar-refractivity contribution in [3.63, 3.8) is 0 Å². The van der Waals surface area contributed by atoms with Gasteiger partial charge in [-0.25, -0.2) is 5.10 Å². The molecule has 0 amide bonds. The lowest BCUT2D eigenvalue weighted by molar-refractivity contribution is 0.472. The van der Waals surface area contributed by atoms with E-state index in [0.29, 0.717) is 11.1 Å². The van der Waals surface area contributed by atoms with Gasteiger partial charge in [0, 0.05) is 17.2 Å². The molecule has 2 aromatic rings. The first-order valence-electron chi connectivity index (χ1n) is 4.94. The fraction of sp³-hybridized carbons (Fsp3) is 0.167. The summed E-state index contributed by atoms with van der Waals surface area (Å²) in [5.74, 6) is 0.201. The van der Waals surface area contributed by atoms with Crippen molar-refractivity contribution in [2.75, 3.05) is 0 Å². The zero-order chi connectivity index (χ0) is 11.7. The van der Waals surface area contributed by atoms with E-state index in [1.165, 1.54) is 12.3 Å². The number of nitrogens with one attached hydrogen (secondary N) is 1. The molecule has 0 atom stereocenters. The van der Waals surface area contributed by atoms with Crippen LogP contribution in [-0.4, -0.2) is 15.3 Å². The fourth-order valence-corrected chi connectivity index (χ4v) is 1.56. The van der Waals surface area contributed by atoms with Gasteiger partial charge in [0.25, 0.3) is 5.56 Å². The zero-order valence-electron chi connectivity index (χ0n) is 9.11. The number of aryl methyl sites for hydroxylation is 1. The number of nitrogens with zero attached hydrogens (tertiary/aromatic N) is 1. The molecule has 0 unspecified atom stereocenters. The Hall–Kier alpha value is -2.10. The topological polar surface area (TPSA) is 66.0 Å². The summed E-state index contributed by atoms with van der Waals surface area (Å²) in [5, 5.41) is 16.0. The quantitative estimate of drug-likeness (QED) is 0.763. The summed E-state index contributed by atoms with van der Waals surface area (Å²) in [6, 6.07) is 5.11. The summed E-state index contributed by atoms with van der Waals surface area (Å²) in [6.07, 6.45) is 1.52. The number of aromatic amines is 1. The summed E-state index contributed by atoms with van der Waals surface area (Å²) in [7, 11) is 0. The molecule has 4 heteroatoms. The second-order valence-corrected chi connectivity index (χ2v) is 3.74. The monoisotopic (exact) mass is 216 g/mol. The molecule has 0 fully saturated rings. The van der Waals surface area contributed by atoms with Crippen LogP contribution in [0.15, 0.2) is 29.2 Å². The van der Waals surface area contributed by atoms with E-state index < -0.39 is 0 Å². The second-order valence-electron chi connectivity index (χ2n) is 3.74. The molecule has 1 heterocycles. The van der Waals surface area contributed by atoms with Crippen molar-refractivity contribution in [2.24, 2.45) is 0 Å². The van der Waals surface area contributed by atoms with Crippen molar-refractivity contribution in [3.05, 3.63) is 45.9 Å². The van der Waals surface area contributed by atoms with E-state index in [1.807, 2.05) is 19.9 Å². The SMILES string of the molecule is Cc1ccc(-c2cn[nH]c(=O)c2)c(O)c1C. The van der Waals surface area contributed by atoms with Gasteiger partial charge in [-0.1, -0.05) is 12.1 Å². The molecule has 0 aliphatic heterocycles. The van der Waals surface area contributed by atoms with Gasteiger partial charge >= 0.3 is 0 Å². The number of aromatic nitrogens is 2. The molecule has 0 saturated carbocycles. The smallest absolute Gasteiger partial charge is 0.264 e. The Bertz CT molecular complexity index is 588. The number of hydrogen-bond donors (Lipinski definition) is 2. The Morgan fingerprint density at radius 3 is 2.75 bits per heavy atom. The Morgan fingerprint density at radius 1 is 1.31 bits per heavy atom. The van der Waals surface area contributed by atoms with Crippen LogP contribution in [0, 0.1) is 13.8 Å². The molecule has 0 aliphatic carbocycles. The van der Waals surface area contributed by atoms with Gasteiger partial charge in [0.2, 0.25) is 0 Å². The molecule has 82 valence electrons. The lowest BCUT2D eigenvalue weighted by Gasteiger charge is -2.08. The van der Waals surface area contributed by atoms with Gasteiger partial charge in [0.15, 0.2) is 0 Å². The first kappa shape index (κ1) is 10.4. The maximum absolute atomic E-state index is 11.1. The normalized spacial score (nSPS) is 10.4. The Labute approximate surface area is 92.6 Å². The predicted molar refractivity (Wildman–Crippen MR) is 61.4 cm³/mol. The molecule has 1 aromatic carbocycles. The lowest BCUT2D eigenvalue weighted by atomic mass is 10.0. The molecule has 0 aliphatic rings. The predicted octanol–water partition coefficient (Wildman–Crippen LogP) is 1.76. The van der Waals surface area contributed by atoms with E-state index in [2.05, 4.69) is 10.2 Å². The van der Waals surface area contributed by atoms with Crippen LogP contribution < -0.4 is 5.56 Å². The van der Waals surface area contributed by atoms with Crippen LogP contribution in [0.4, 0.5) is 0 Å². The van der Waals surface area contributed by atoms with Gasteiger partial charge < -0.3 is 5.11 Å². The number of phenolic OH excluding ortho intramolecular Hbond substituents is 1. The fourth-order valence-electron chi connectivity index (χ4n) is 1.56. The highest BCUT2D eigenvalue weighted by Gasteiger charge is 2.09. The summed E-state index contributed by atoms with van der Waals surface area (Å²) < 4.78 is 0. The molecule has 0 spiro atoms. The Morgan fingerprint density at radius 2 is 2.06 bits per heavy atom. The van der Waals surface area contributed by atoms with Crippen molar-refractivity contribution in [1.29, 1.82) is 0 Å². The third kappa shape index (κ3) is 1.69. The van der Waals surface area contributed by atoms with Gasteiger partial charge in [-0.15, -0.1) is 0 Å². The second kappa shape index (κ2) is 3.81. The van der Waals surface area contributed by atoms with E-state index in [1.54, 1.807) is 6.07 Å². The molecular weight excluding hydrogens is 204 g/mol. The van der Waals surface area contributed by atoms with Crippen molar-refractivity contribution in [3.8, 4) is 16.9 Å². The molecule has 4 nitrogen and oxygen atoms in total. The summed E-state index contributed by atoms with van der Waals surface area (Å²) in [4.78, 5) is 11.1. The van der Waals surface area contributed by atoms with E-state index in [0.717, 1.165) is 11.1 Å². The summed E-state index contributed by atoms with van der Waals surface area (Å²) in [6.45, 7) is 3.77. The Kier molecular flexibility index (Phi) is 2.48. The van der Waals surface area contributed by atoms with Gasteiger partial charge in [-0.2, -0.15) is 5.10 Å². The first-order chi connectivity index (χ1) is 7.59. The van der Waals surface area contributed by atoms with Crippen LogP contribution in [0.25, 0.3) is 11.1 Å². The highest BCUT2D eigenvalue weighted by atomic mass is 16.3. The maximum atomic E-state index is 11.1. The molecule has 0 saturated heterocycles. The number of aromatic hydroxyl groups is 1. The molecular formula is C12H12N2O2. The molecule has 1 aromatic heterocycles. The van der Waals surface area contributed by atoms with Crippen molar-refractivity contribution in [2.45, 2.75) is 13.8 Å².